The standard InChI is InChI=1S/C21H22ClN3O2S/c1-14-6-7-19-15(10-14)11-16(20(27)24-19)13-25(8-3-9-26)21(28)23-18-5-2-4-17(22)12-18/h2,4-7,10-12,26H,3,8-9,13H2,1H3,(H,23,28)(H,24,27). The summed E-state index contributed by atoms with van der Waals surface area (Å²) in [6, 6.07) is 15.1. The van der Waals surface area contributed by atoms with Crippen LogP contribution in [0, 0.1) is 6.92 Å². The number of anilines is 1. The maximum absolute atomic E-state index is 12.5. The van der Waals surface area contributed by atoms with E-state index in [1.165, 1.54) is 0 Å². The molecule has 7 heteroatoms. The number of H-pyrrole nitrogens is 1. The first-order chi connectivity index (χ1) is 13.5. The maximum Gasteiger partial charge on any atom is 0.253 e. The molecule has 0 spiro atoms. The Balaban J connectivity index is 1.85. The van der Waals surface area contributed by atoms with Crippen molar-refractivity contribution in [3.63, 3.8) is 0 Å². The van der Waals surface area contributed by atoms with E-state index in [0.29, 0.717) is 35.2 Å². The SMILES string of the molecule is Cc1ccc2[nH]c(=O)c(CN(CCCO)C(=S)Nc3cccc(Cl)c3)cc2c1. The van der Waals surface area contributed by atoms with Gasteiger partial charge in [0.25, 0.3) is 5.56 Å². The van der Waals surface area contributed by atoms with Crippen LogP contribution >= 0.6 is 23.8 Å². The van der Waals surface area contributed by atoms with Gasteiger partial charge >= 0.3 is 0 Å². The number of benzene rings is 2. The van der Waals surface area contributed by atoms with Crippen molar-refractivity contribution in [3.05, 3.63) is 75.0 Å². The number of pyridine rings is 1. The van der Waals surface area contributed by atoms with Crippen LogP contribution in [0.5, 0.6) is 0 Å². The van der Waals surface area contributed by atoms with Gasteiger partial charge in [0.2, 0.25) is 0 Å². The average Bonchev–Trinajstić information content (AvgIpc) is 2.65. The highest BCUT2D eigenvalue weighted by atomic mass is 35.5. The zero-order chi connectivity index (χ0) is 20.1. The normalized spacial score (nSPS) is 10.8. The lowest BCUT2D eigenvalue weighted by molar-refractivity contribution is 0.266. The van der Waals surface area contributed by atoms with Gasteiger partial charge in [-0.15, -0.1) is 0 Å². The molecule has 0 atom stereocenters. The molecular formula is C21H22ClN3O2S. The topological polar surface area (TPSA) is 68.4 Å². The van der Waals surface area contributed by atoms with Crippen molar-refractivity contribution >= 4 is 45.5 Å². The van der Waals surface area contributed by atoms with E-state index in [0.717, 1.165) is 22.2 Å². The molecule has 5 nitrogen and oxygen atoms in total. The highest BCUT2D eigenvalue weighted by molar-refractivity contribution is 7.80. The molecule has 0 fully saturated rings. The summed E-state index contributed by atoms with van der Waals surface area (Å²) >= 11 is 11.6. The van der Waals surface area contributed by atoms with Crippen molar-refractivity contribution in [2.24, 2.45) is 0 Å². The van der Waals surface area contributed by atoms with Gasteiger partial charge in [-0.25, -0.2) is 0 Å². The second-order valence-corrected chi connectivity index (χ2v) is 7.48. The summed E-state index contributed by atoms with van der Waals surface area (Å²) in [5.74, 6) is 0. The van der Waals surface area contributed by atoms with Crippen molar-refractivity contribution in [3.8, 4) is 0 Å². The van der Waals surface area contributed by atoms with Crippen molar-refractivity contribution in [1.29, 1.82) is 0 Å². The number of halogens is 1. The van der Waals surface area contributed by atoms with E-state index < -0.39 is 0 Å². The predicted octanol–water partition coefficient (Wildman–Crippen LogP) is 4.07. The van der Waals surface area contributed by atoms with Gasteiger partial charge < -0.3 is 20.3 Å². The van der Waals surface area contributed by atoms with E-state index in [9.17, 15) is 9.90 Å². The van der Waals surface area contributed by atoms with Crippen LogP contribution in [0.1, 0.15) is 17.5 Å². The van der Waals surface area contributed by atoms with E-state index in [1.807, 2.05) is 48.2 Å². The third kappa shape index (κ3) is 5.10. The summed E-state index contributed by atoms with van der Waals surface area (Å²) in [7, 11) is 0. The summed E-state index contributed by atoms with van der Waals surface area (Å²) in [6.07, 6.45) is 0.544. The van der Waals surface area contributed by atoms with E-state index in [2.05, 4.69) is 10.3 Å². The zero-order valence-corrected chi connectivity index (χ0v) is 17.1. The van der Waals surface area contributed by atoms with E-state index >= 15 is 0 Å². The van der Waals surface area contributed by atoms with E-state index in [-0.39, 0.29) is 12.2 Å². The van der Waals surface area contributed by atoms with Gasteiger partial charge in [-0.05, 0) is 67.3 Å². The number of thiocarbonyl (C=S) groups is 1. The number of hydrogen-bond donors (Lipinski definition) is 3. The summed E-state index contributed by atoms with van der Waals surface area (Å²) in [5.41, 5.74) is 3.18. The second-order valence-electron chi connectivity index (χ2n) is 6.65. The number of rotatable bonds is 6. The van der Waals surface area contributed by atoms with E-state index in [1.54, 1.807) is 12.1 Å². The fourth-order valence-corrected chi connectivity index (χ4v) is 3.44. The van der Waals surface area contributed by atoms with Crippen LogP contribution in [0.2, 0.25) is 5.02 Å². The van der Waals surface area contributed by atoms with Crippen LogP contribution in [0.25, 0.3) is 10.9 Å². The Kier molecular flexibility index (Phi) is 6.67. The van der Waals surface area contributed by atoms with Gasteiger partial charge in [0.15, 0.2) is 5.11 Å². The van der Waals surface area contributed by atoms with Crippen LogP contribution in [-0.2, 0) is 6.54 Å². The fourth-order valence-electron chi connectivity index (χ4n) is 2.98. The molecule has 146 valence electrons. The molecule has 0 saturated heterocycles. The minimum Gasteiger partial charge on any atom is -0.396 e. The molecule has 1 heterocycles. The number of nitrogens with one attached hydrogen (secondary N) is 2. The van der Waals surface area contributed by atoms with Gasteiger partial charge in [0, 0.05) is 34.9 Å². The third-order valence-electron chi connectivity index (χ3n) is 4.39. The van der Waals surface area contributed by atoms with Crippen molar-refractivity contribution in [1.82, 2.24) is 9.88 Å². The van der Waals surface area contributed by atoms with Crippen molar-refractivity contribution < 1.29 is 5.11 Å². The quantitative estimate of drug-likeness (QED) is 0.529. The largest absolute Gasteiger partial charge is 0.396 e. The average molecular weight is 416 g/mol. The van der Waals surface area contributed by atoms with Crippen LogP contribution in [0.4, 0.5) is 5.69 Å². The lowest BCUT2D eigenvalue weighted by Gasteiger charge is -2.25. The Morgan fingerprint density at radius 1 is 1.25 bits per heavy atom. The number of hydrogen-bond acceptors (Lipinski definition) is 3. The Morgan fingerprint density at radius 2 is 2.07 bits per heavy atom. The molecule has 0 radical (unpaired) electrons. The molecule has 0 bridgehead atoms. The summed E-state index contributed by atoms with van der Waals surface area (Å²) in [6.45, 7) is 2.92. The van der Waals surface area contributed by atoms with Gasteiger partial charge in [-0.2, -0.15) is 0 Å². The summed E-state index contributed by atoms with van der Waals surface area (Å²) in [4.78, 5) is 17.3. The number of aliphatic hydroxyl groups excluding tert-OH is 1. The summed E-state index contributed by atoms with van der Waals surface area (Å²) < 4.78 is 0. The monoisotopic (exact) mass is 415 g/mol. The molecule has 0 aliphatic carbocycles. The third-order valence-corrected chi connectivity index (χ3v) is 4.98. The molecule has 0 amide bonds. The Labute approximate surface area is 174 Å². The summed E-state index contributed by atoms with van der Waals surface area (Å²) in [5, 5.41) is 14.5. The van der Waals surface area contributed by atoms with Crippen molar-refractivity contribution in [2.45, 2.75) is 19.9 Å². The van der Waals surface area contributed by atoms with Crippen molar-refractivity contribution in [2.75, 3.05) is 18.5 Å². The molecule has 3 N–H and O–H groups in total. The highest BCUT2D eigenvalue weighted by Crippen LogP contribution is 2.17. The number of aromatic nitrogens is 1. The first-order valence-corrected chi connectivity index (χ1v) is 9.80. The molecule has 0 aliphatic rings. The minimum atomic E-state index is -0.143. The van der Waals surface area contributed by atoms with E-state index in [4.69, 9.17) is 23.8 Å². The maximum atomic E-state index is 12.5. The van der Waals surface area contributed by atoms with Crippen LogP contribution in [0.15, 0.2) is 53.3 Å². The molecule has 0 aliphatic heterocycles. The molecule has 28 heavy (non-hydrogen) atoms. The van der Waals surface area contributed by atoms with Gasteiger partial charge in [-0.1, -0.05) is 29.3 Å². The lowest BCUT2D eigenvalue weighted by Crippen LogP contribution is -2.37. The van der Waals surface area contributed by atoms with Gasteiger partial charge in [-0.3, -0.25) is 4.79 Å². The van der Waals surface area contributed by atoms with Gasteiger partial charge in [0.05, 0.1) is 6.54 Å². The Hall–Kier alpha value is -2.41. The number of aryl methyl sites for hydroxylation is 1. The molecule has 0 saturated carbocycles. The number of nitrogens with zero attached hydrogens (tertiary/aromatic N) is 1. The lowest BCUT2D eigenvalue weighted by atomic mass is 10.1. The molecule has 3 rings (SSSR count). The number of aliphatic hydroxyl groups is 1. The number of fused-ring (bicyclic) bond motifs is 1. The first kappa shape index (κ1) is 20.3. The Bertz CT molecular complexity index is 1050. The predicted molar refractivity (Wildman–Crippen MR) is 119 cm³/mol. The smallest absolute Gasteiger partial charge is 0.253 e. The fraction of sp³-hybridized carbons (Fsp3) is 0.238. The van der Waals surface area contributed by atoms with Crippen LogP contribution in [-0.4, -0.2) is 33.3 Å². The minimum absolute atomic E-state index is 0.0452. The first-order valence-electron chi connectivity index (χ1n) is 9.01. The molecule has 1 aromatic heterocycles. The second kappa shape index (κ2) is 9.19. The Morgan fingerprint density at radius 3 is 2.82 bits per heavy atom. The van der Waals surface area contributed by atoms with Crippen LogP contribution in [0.3, 0.4) is 0 Å². The molecule has 3 aromatic rings. The molecule has 0 unspecified atom stereocenters. The van der Waals surface area contributed by atoms with Gasteiger partial charge in [0.1, 0.15) is 0 Å². The molecular weight excluding hydrogens is 394 g/mol. The van der Waals surface area contributed by atoms with Crippen LogP contribution < -0.4 is 10.9 Å². The zero-order valence-electron chi connectivity index (χ0n) is 15.5. The highest BCUT2D eigenvalue weighted by Gasteiger charge is 2.14. The molecule has 2 aromatic carbocycles. The number of aromatic amines is 1.